The summed E-state index contributed by atoms with van der Waals surface area (Å²) in [5.41, 5.74) is 0. The van der Waals surface area contributed by atoms with Crippen LogP contribution in [0.25, 0.3) is 0 Å². The number of piperidine rings is 1. The number of hydrogen-bond donors (Lipinski definition) is 0. The number of methoxy groups -OCH3 is 1. The van der Waals surface area contributed by atoms with Gasteiger partial charge in [-0.1, -0.05) is 0 Å². The molecule has 1 saturated heterocycles. The molecule has 1 rings (SSSR count). The summed E-state index contributed by atoms with van der Waals surface area (Å²) < 4.78 is 4.66. The molecule has 90 valence electrons. The predicted molar refractivity (Wildman–Crippen MR) is 56.7 cm³/mol. The maximum absolute atomic E-state index is 11.7. The Hall–Kier alpha value is -1.39. The van der Waals surface area contributed by atoms with Crippen molar-refractivity contribution in [2.24, 2.45) is 0 Å². The van der Waals surface area contributed by atoms with Gasteiger partial charge in [0.1, 0.15) is 11.8 Å². The summed E-state index contributed by atoms with van der Waals surface area (Å²) in [5.74, 6) is -0.849. The third-order valence-corrected chi connectivity index (χ3v) is 2.70. The van der Waals surface area contributed by atoms with Gasteiger partial charge in [0.2, 0.25) is 5.91 Å². The van der Waals surface area contributed by atoms with Crippen LogP contribution in [-0.2, 0) is 19.1 Å². The molecule has 1 aliphatic heterocycles. The second kappa shape index (κ2) is 5.63. The molecule has 1 fully saturated rings. The molecule has 0 N–H and O–H groups in total. The third kappa shape index (κ3) is 3.05. The van der Waals surface area contributed by atoms with Gasteiger partial charge in [0.15, 0.2) is 0 Å². The van der Waals surface area contributed by atoms with E-state index in [4.69, 9.17) is 0 Å². The molecule has 1 aliphatic rings. The van der Waals surface area contributed by atoms with Crippen molar-refractivity contribution in [2.45, 2.75) is 38.6 Å². The molecule has 0 spiro atoms. The highest BCUT2D eigenvalue weighted by Crippen LogP contribution is 2.19. The van der Waals surface area contributed by atoms with E-state index in [1.165, 1.54) is 18.9 Å². The second-order valence-corrected chi connectivity index (χ2v) is 4.00. The number of likely N-dealkylation sites (tertiary alicyclic amines) is 1. The maximum Gasteiger partial charge on any atom is 0.328 e. The van der Waals surface area contributed by atoms with E-state index in [1.54, 1.807) is 0 Å². The maximum atomic E-state index is 11.7. The van der Waals surface area contributed by atoms with Gasteiger partial charge in [0, 0.05) is 6.54 Å². The van der Waals surface area contributed by atoms with Crippen LogP contribution in [0.5, 0.6) is 0 Å². The minimum absolute atomic E-state index is 0.131. The summed E-state index contributed by atoms with van der Waals surface area (Å²) in [6, 6.07) is -0.509. The second-order valence-electron chi connectivity index (χ2n) is 4.00. The SMILES string of the molecule is COC(=O)C1CCCCN1C(=O)CC(C)=O. The van der Waals surface area contributed by atoms with E-state index in [1.807, 2.05) is 0 Å². The highest BCUT2D eigenvalue weighted by atomic mass is 16.5. The van der Waals surface area contributed by atoms with E-state index in [9.17, 15) is 14.4 Å². The van der Waals surface area contributed by atoms with Gasteiger partial charge in [0.25, 0.3) is 0 Å². The van der Waals surface area contributed by atoms with Gasteiger partial charge in [-0.3, -0.25) is 9.59 Å². The number of Topliss-reactive ketones (excluding diaryl/α,β-unsaturated/α-hetero) is 1. The van der Waals surface area contributed by atoms with Gasteiger partial charge in [0.05, 0.1) is 13.5 Å². The number of amides is 1. The zero-order chi connectivity index (χ0) is 12.1. The highest BCUT2D eigenvalue weighted by Gasteiger charge is 2.32. The molecule has 0 aromatic carbocycles. The van der Waals surface area contributed by atoms with Crippen LogP contribution >= 0.6 is 0 Å². The van der Waals surface area contributed by atoms with E-state index in [-0.39, 0.29) is 18.1 Å². The summed E-state index contributed by atoms with van der Waals surface area (Å²) in [6.07, 6.45) is 2.27. The standard InChI is InChI=1S/C11H17NO4/c1-8(13)7-10(14)12-6-4-3-5-9(12)11(15)16-2/h9H,3-7H2,1-2H3. The fraction of sp³-hybridized carbons (Fsp3) is 0.727. The van der Waals surface area contributed by atoms with E-state index < -0.39 is 12.0 Å². The Morgan fingerprint density at radius 1 is 1.31 bits per heavy atom. The third-order valence-electron chi connectivity index (χ3n) is 2.70. The van der Waals surface area contributed by atoms with Gasteiger partial charge >= 0.3 is 5.97 Å². The van der Waals surface area contributed by atoms with Gasteiger partial charge in [-0.15, -0.1) is 0 Å². The topological polar surface area (TPSA) is 63.7 Å². The Labute approximate surface area is 94.7 Å². The molecule has 5 nitrogen and oxygen atoms in total. The zero-order valence-corrected chi connectivity index (χ0v) is 9.69. The van der Waals surface area contributed by atoms with Crippen LogP contribution in [0, 0.1) is 0 Å². The van der Waals surface area contributed by atoms with Crippen molar-refractivity contribution in [1.82, 2.24) is 4.90 Å². The number of esters is 1. The van der Waals surface area contributed by atoms with Crippen molar-refractivity contribution in [3.63, 3.8) is 0 Å². The van der Waals surface area contributed by atoms with Gasteiger partial charge in [-0.25, -0.2) is 4.79 Å². The van der Waals surface area contributed by atoms with Crippen molar-refractivity contribution in [3.05, 3.63) is 0 Å². The van der Waals surface area contributed by atoms with E-state index >= 15 is 0 Å². The molecular formula is C11H17NO4. The normalized spacial score (nSPS) is 20.4. The first-order chi connectivity index (χ1) is 7.56. The molecule has 0 saturated carbocycles. The summed E-state index contributed by atoms with van der Waals surface area (Å²) in [6.45, 7) is 1.90. The average molecular weight is 227 g/mol. The first-order valence-electron chi connectivity index (χ1n) is 5.43. The van der Waals surface area contributed by atoms with E-state index in [0.717, 1.165) is 12.8 Å². The molecule has 1 atom stereocenters. The van der Waals surface area contributed by atoms with Crippen molar-refractivity contribution >= 4 is 17.7 Å². The average Bonchev–Trinajstić information content (AvgIpc) is 2.27. The number of carbonyl (C=O) groups excluding carboxylic acids is 3. The Morgan fingerprint density at radius 3 is 2.56 bits per heavy atom. The smallest absolute Gasteiger partial charge is 0.328 e. The van der Waals surface area contributed by atoms with Gasteiger partial charge in [-0.05, 0) is 26.2 Å². The molecular weight excluding hydrogens is 210 g/mol. The Kier molecular flexibility index (Phi) is 4.46. The Balaban J connectivity index is 2.69. The van der Waals surface area contributed by atoms with Crippen LogP contribution in [-0.4, -0.2) is 42.3 Å². The quantitative estimate of drug-likeness (QED) is 0.521. The van der Waals surface area contributed by atoms with Crippen molar-refractivity contribution in [1.29, 1.82) is 0 Å². The largest absolute Gasteiger partial charge is 0.467 e. The molecule has 0 aromatic heterocycles. The number of nitrogens with zero attached hydrogens (tertiary/aromatic N) is 1. The molecule has 0 bridgehead atoms. The highest BCUT2D eigenvalue weighted by molar-refractivity contribution is 5.98. The molecule has 0 aromatic rings. The predicted octanol–water partition coefficient (Wildman–Crippen LogP) is 0.520. The molecule has 1 heterocycles. The summed E-state index contributed by atoms with van der Waals surface area (Å²) >= 11 is 0. The van der Waals surface area contributed by atoms with Crippen LogP contribution in [0.2, 0.25) is 0 Å². The van der Waals surface area contributed by atoms with Crippen LogP contribution in [0.4, 0.5) is 0 Å². The van der Waals surface area contributed by atoms with Crippen molar-refractivity contribution in [2.75, 3.05) is 13.7 Å². The van der Waals surface area contributed by atoms with E-state index in [2.05, 4.69) is 4.74 Å². The monoisotopic (exact) mass is 227 g/mol. The van der Waals surface area contributed by atoms with Crippen LogP contribution in [0.1, 0.15) is 32.6 Å². The van der Waals surface area contributed by atoms with Gasteiger partial charge < -0.3 is 9.64 Å². The van der Waals surface area contributed by atoms with Crippen LogP contribution < -0.4 is 0 Å². The molecule has 1 amide bonds. The Bertz CT molecular complexity index is 300. The first-order valence-corrected chi connectivity index (χ1v) is 5.43. The minimum atomic E-state index is -0.509. The molecule has 1 unspecified atom stereocenters. The molecule has 16 heavy (non-hydrogen) atoms. The molecule has 0 aliphatic carbocycles. The lowest BCUT2D eigenvalue weighted by Gasteiger charge is -2.33. The number of hydrogen-bond acceptors (Lipinski definition) is 4. The summed E-state index contributed by atoms with van der Waals surface area (Å²) in [7, 11) is 1.31. The van der Waals surface area contributed by atoms with Gasteiger partial charge in [-0.2, -0.15) is 0 Å². The first kappa shape index (κ1) is 12.7. The van der Waals surface area contributed by atoms with Crippen LogP contribution in [0.15, 0.2) is 0 Å². The van der Waals surface area contributed by atoms with Crippen molar-refractivity contribution in [3.8, 4) is 0 Å². The minimum Gasteiger partial charge on any atom is -0.467 e. The zero-order valence-electron chi connectivity index (χ0n) is 9.69. The number of rotatable bonds is 3. The summed E-state index contributed by atoms with van der Waals surface area (Å²) in [4.78, 5) is 35.6. The lowest BCUT2D eigenvalue weighted by molar-refractivity contribution is -0.155. The lowest BCUT2D eigenvalue weighted by Crippen LogP contribution is -2.48. The van der Waals surface area contributed by atoms with E-state index in [0.29, 0.717) is 13.0 Å². The molecule has 5 heteroatoms. The fourth-order valence-electron chi connectivity index (χ4n) is 1.93. The number of ketones is 1. The number of carbonyl (C=O) groups is 3. The number of ether oxygens (including phenoxy) is 1. The van der Waals surface area contributed by atoms with Crippen LogP contribution in [0.3, 0.4) is 0 Å². The van der Waals surface area contributed by atoms with Crippen molar-refractivity contribution < 1.29 is 19.1 Å². The summed E-state index contributed by atoms with van der Waals surface area (Å²) in [5, 5.41) is 0. The lowest BCUT2D eigenvalue weighted by atomic mass is 10.0. The Morgan fingerprint density at radius 2 is 2.00 bits per heavy atom. The fourth-order valence-corrected chi connectivity index (χ4v) is 1.93. The molecule has 0 radical (unpaired) electrons.